The van der Waals surface area contributed by atoms with Gasteiger partial charge in [-0.25, -0.2) is 0 Å². The largest absolute Gasteiger partial charge is 0.457 e. The average Bonchev–Trinajstić information content (AvgIpc) is 3.78. The number of halogens is 1. The molecule has 0 amide bonds. The number of epoxide rings is 1. The third-order valence-electron chi connectivity index (χ3n) is 9.30. The van der Waals surface area contributed by atoms with Crippen LogP contribution in [0.2, 0.25) is 5.02 Å². The molecule has 2 aliphatic heterocycles. The Morgan fingerprint density at radius 3 is 2.51 bits per heavy atom. The maximum atomic E-state index is 12.7. The lowest BCUT2D eigenvalue weighted by molar-refractivity contribution is -0.151. The zero-order chi connectivity index (χ0) is 33.3. The molecule has 3 rings (SSSR count). The summed E-state index contributed by atoms with van der Waals surface area (Å²) in [5, 5.41) is 36.9. The number of nitrogens with one attached hydrogen (secondary N) is 1. The van der Waals surface area contributed by atoms with Crippen molar-refractivity contribution in [2.24, 2.45) is 17.8 Å². The summed E-state index contributed by atoms with van der Waals surface area (Å²) in [4.78, 5) is 12.7. The Labute approximate surface area is 274 Å². The summed E-state index contributed by atoms with van der Waals surface area (Å²) in [6.45, 7) is 12.2. The Morgan fingerprint density at radius 2 is 1.87 bits per heavy atom. The maximum Gasteiger partial charge on any atom is 0.309 e. The number of benzene rings is 1. The molecule has 9 heteroatoms. The zero-order valence-corrected chi connectivity index (χ0v) is 28.6. The summed E-state index contributed by atoms with van der Waals surface area (Å²) in [7, 11) is 1.72. The van der Waals surface area contributed by atoms with E-state index in [-0.39, 0.29) is 42.5 Å². The molecule has 252 valence electrons. The van der Waals surface area contributed by atoms with Crippen LogP contribution in [0.15, 0.2) is 60.2 Å². The molecule has 1 saturated heterocycles. The van der Waals surface area contributed by atoms with Crippen molar-refractivity contribution < 1.29 is 34.3 Å². The molecule has 0 aromatic heterocycles. The number of carbonyl (C=O) groups excluding carboxylic acids is 1. The third-order valence-corrected chi connectivity index (χ3v) is 9.55. The summed E-state index contributed by atoms with van der Waals surface area (Å²) >= 11 is 6.08. The first-order valence-electron chi connectivity index (χ1n) is 16.3. The molecule has 0 saturated carbocycles. The summed E-state index contributed by atoms with van der Waals surface area (Å²) in [6, 6.07) is 7.16. The van der Waals surface area contributed by atoms with E-state index < -0.39 is 35.9 Å². The van der Waals surface area contributed by atoms with Crippen molar-refractivity contribution in [1.29, 1.82) is 0 Å². The van der Waals surface area contributed by atoms with Crippen molar-refractivity contribution in [2.45, 2.75) is 122 Å². The van der Waals surface area contributed by atoms with Crippen LogP contribution in [0.1, 0.15) is 72.8 Å². The van der Waals surface area contributed by atoms with E-state index in [1.807, 2.05) is 57.2 Å². The number of hydrogen-bond donors (Lipinski definition) is 4. The van der Waals surface area contributed by atoms with E-state index in [2.05, 4.69) is 19.2 Å². The van der Waals surface area contributed by atoms with Gasteiger partial charge >= 0.3 is 5.97 Å². The molecule has 45 heavy (non-hydrogen) atoms. The van der Waals surface area contributed by atoms with Gasteiger partial charge in [0.2, 0.25) is 0 Å². The molecule has 1 aromatic rings. The molecule has 1 aromatic carbocycles. The number of hydrogen-bond acceptors (Lipinski definition) is 8. The van der Waals surface area contributed by atoms with Crippen LogP contribution in [-0.4, -0.2) is 76.7 Å². The van der Waals surface area contributed by atoms with Gasteiger partial charge in [0.05, 0.1) is 42.5 Å². The van der Waals surface area contributed by atoms with Gasteiger partial charge < -0.3 is 34.8 Å². The van der Waals surface area contributed by atoms with Crippen LogP contribution in [-0.2, 0) is 25.5 Å². The number of esters is 1. The van der Waals surface area contributed by atoms with E-state index in [0.717, 1.165) is 17.6 Å². The number of cyclic esters (lactones) is 1. The highest BCUT2D eigenvalue weighted by Crippen LogP contribution is 2.39. The van der Waals surface area contributed by atoms with E-state index in [9.17, 15) is 20.1 Å². The Balaban J connectivity index is 1.82. The van der Waals surface area contributed by atoms with Crippen molar-refractivity contribution in [3.8, 4) is 0 Å². The number of aliphatic hydroxyl groups excluding tert-OH is 2. The van der Waals surface area contributed by atoms with E-state index in [0.29, 0.717) is 24.4 Å². The number of rotatable bonds is 12. The van der Waals surface area contributed by atoms with Gasteiger partial charge in [-0.15, -0.1) is 0 Å². The Morgan fingerprint density at radius 1 is 1.18 bits per heavy atom. The topological polar surface area (TPSA) is 121 Å². The standard InChI is InChI=1S/C36H54ClNO7/c1-8-30(43-7)25(5)33-34(45-33)35(38-21-26-13-15-27(37)16-14-26)36(6,42)19-9-10-23(3)32-24(4)12-18-29(40)22(2)11-17-28(39)20-31(41)44-32/h9-10,12-16,18-19,22,24-25,28-30,32-35,38-40,42H,8,11,17,20-21H2,1-7H3. The Bertz CT molecular complexity index is 1160. The van der Waals surface area contributed by atoms with Crippen molar-refractivity contribution in [2.75, 3.05) is 7.11 Å². The molecule has 2 aliphatic rings. The van der Waals surface area contributed by atoms with Crippen LogP contribution in [0.5, 0.6) is 0 Å². The fourth-order valence-corrected chi connectivity index (χ4v) is 6.30. The van der Waals surface area contributed by atoms with Gasteiger partial charge in [-0.05, 0) is 62.3 Å². The first-order valence-corrected chi connectivity index (χ1v) is 16.6. The summed E-state index contributed by atoms with van der Waals surface area (Å²) < 4.78 is 17.7. The fourth-order valence-electron chi connectivity index (χ4n) is 6.18. The summed E-state index contributed by atoms with van der Waals surface area (Å²) in [5.74, 6) is -0.581. The monoisotopic (exact) mass is 647 g/mol. The van der Waals surface area contributed by atoms with Crippen molar-refractivity contribution in [3.05, 3.63) is 70.8 Å². The quantitative estimate of drug-likeness (QED) is 0.101. The minimum absolute atomic E-state index is 0.0413. The zero-order valence-electron chi connectivity index (χ0n) is 27.9. The smallest absolute Gasteiger partial charge is 0.309 e. The van der Waals surface area contributed by atoms with Crippen LogP contribution in [0.3, 0.4) is 0 Å². The molecule has 0 aliphatic carbocycles. The van der Waals surface area contributed by atoms with Gasteiger partial charge in [0.25, 0.3) is 0 Å². The normalized spacial score (nSPS) is 31.8. The van der Waals surface area contributed by atoms with E-state index >= 15 is 0 Å². The van der Waals surface area contributed by atoms with Gasteiger partial charge in [0.1, 0.15) is 12.2 Å². The molecular weight excluding hydrogens is 594 g/mol. The van der Waals surface area contributed by atoms with Crippen LogP contribution >= 0.6 is 11.6 Å². The predicted molar refractivity (Wildman–Crippen MR) is 178 cm³/mol. The van der Waals surface area contributed by atoms with Gasteiger partial charge in [0, 0.05) is 30.5 Å². The van der Waals surface area contributed by atoms with Gasteiger partial charge in [-0.1, -0.05) is 81.8 Å². The second-order valence-electron chi connectivity index (χ2n) is 13.1. The molecule has 8 nitrogen and oxygen atoms in total. The molecule has 4 N–H and O–H groups in total. The first kappa shape index (κ1) is 37.4. The molecule has 2 heterocycles. The minimum Gasteiger partial charge on any atom is -0.457 e. The number of aliphatic hydroxyl groups is 3. The van der Waals surface area contributed by atoms with Gasteiger partial charge in [0.15, 0.2) is 0 Å². The SMILES string of the molecule is CCC(OC)C(C)C1OC1C(NCc1ccc(Cl)cc1)C(C)(O)C=CC=C(C)C1OC(=O)CC(O)CCC(C)C(O)C=CC1C. The highest BCUT2D eigenvalue weighted by molar-refractivity contribution is 6.30. The Kier molecular flexibility index (Phi) is 14.3. The van der Waals surface area contributed by atoms with E-state index in [1.54, 1.807) is 32.3 Å². The fraction of sp³-hybridized carbons (Fsp3) is 0.639. The Hall–Kier alpha value is -2.04. The molecule has 11 atom stereocenters. The molecule has 11 unspecified atom stereocenters. The van der Waals surface area contributed by atoms with Crippen molar-refractivity contribution in [3.63, 3.8) is 0 Å². The lowest BCUT2D eigenvalue weighted by atomic mass is 9.87. The van der Waals surface area contributed by atoms with Gasteiger partial charge in [-0.3, -0.25) is 4.79 Å². The summed E-state index contributed by atoms with van der Waals surface area (Å²) in [5.41, 5.74) is 0.507. The van der Waals surface area contributed by atoms with E-state index in [4.69, 9.17) is 25.8 Å². The molecule has 0 bridgehead atoms. The molecule has 1 fully saturated rings. The molecule has 0 spiro atoms. The second kappa shape index (κ2) is 17.2. The maximum absolute atomic E-state index is 12.7. The lowest BCUT2D eigenvalue weighted by Gasteiger charge is -2.31. The highest BCUT2D eigenvalue weighted by atomic mass is 35.5. The van der Waals surface area contributed by atoms with Crippen molar-refractivity contribution in [1.82, 2.24) is 5.32 Å². The van der Waals surface area contributed by atoms with Gasteiger partial charge in [-0.2, -0.15) is 0 Å². The predicted octanol–water partition coefficient (Wildman–Crippen LogP) is 5.53. The molecular formula is C36H54ClNO7. The number of methoxy groups -OCH3 is 1. The molecule has 0 radical (unpaired) electrons. The van der Waals surface area contributed by atoms with Crippen LogP contribution in [0, 0.1) is 17.8 Å². The number of ether oxygens (including phenoxy) is 3. The third kappa shape index (κ3) is 11.0. The lowest BCUT2D eigenvalue weighted by Crippen LogP contribution is -2.52. The van der Waals surface area contributed by atoms with E-state index in [1.165, 1.54) is 0 Å². The second-order valence-corrected chi connectivity index (χ2v) is 13.6. The number of carbonyl (C=O) groups is 1. The first-order chi connectivity index (χ1) is 21.3. The van der Waals surface area contributed by atoms with Crippen LogP contribution in [0.4, 0.5) is 0 Å². The summed E-state index contributed by atoms with van der Waals surface area (Å²) in [6.07, 6.45) is 8.44. The average molecular weight is 648 g/mol. The highest BCUT2D eigenvalue weighted by Gasteiger charge is 2.54. The minimum atomic E-state index is -1.30. The number of allylic oxidation sites excluding steroid dienone is 2. The van der Waals surface area contributed by atoms with Crippen LogP contribution < -0.4 is 5.32 Å². The van der Waals surface area contributed by atoms with Crippen LogP contribution in [0.25, 0.3) is 0 Å². The van der Waals surface area contributed by atoms with Crippen molar-refractivity contribution >= 4 is 17.6 Å².